The van der Waals surface area contributed by atoms with Gasteiger partial charge in [-0.15, -0.1) is 11.3 Å². The van der Waals surface area contributed by atoms with Gasteiger partial charge in [-0.2, -0.15) is 0 Å². The van der Waals surface area contributed by atoms with Crippen LogP contribution in [0.1, 0.15) is 22.2 Å². The van der Waals surface area contributed by atoms with Crippen molar-refractivity contribution in [1.29, 1.82) is 0 Å². The van der Waals surface area contributed by atoms with Gasteiger partial charge in [0.2, 0.25) is 0 Å². The van der Waals surface area contributed by atoms with Crippen molar-refractivity contribution in [2.75, 3.05) is 0 Å². The average Bonchev–Trinajstić information content (AvgIpc) is 2.93. The molecule has 0 amide bonds. The second kappa shape index (κ2) is 7.43. The van der Waals surface area contributed by atoms with E-state index in [0.29, 0.717) is 6.61 Å². The largest absolute Gasteiger partial charge is 0.488 e. The van der Waals surface area contributed by atoms with Crippen LogP contribution in [0.4, 0.5) is 0 Å². The highest BCUT2D eigenvalue weighted by Crippen LogP contribution is 2.25. The van der Waals surface area contributed by atoms with Crippen molar-refractivity contribution < 1.29 is 14.6 Å². The third kappa shape index (κ3) is 4.72. The van der Waals surface area contributed by atoms with E-state index in [9.17, 15) is 4.79 Å². The molecule has 0 fully saturated rings. The molecule has 3 nitrogen and oxygen atoms in total. The normalized spacial score (nSPS) is 11.0. The number of carbonyl (C=O) groups is 1. The van der Waals surface area contributed by atoms with Crippen LogP contribution in [0.25, 0.3) is 6.08 Å². The number of carboxylic acids is 1. The Morgan fingerprint density at radius 2 is 2.10 bits per heavy atom. The lowest BCUT2D eigenvalue weighted by Crippen LogP contribution is -1.93. The van der Waals surface area contributed by atoms with Gasteiger partial charge < -0.3 is 9.84 Å². The van der Waals surface area contributed by atoms with Gasteiger partial charge in [0.15, 0.2) is 0 Å². The Labute approximate surface area is 136 Å². The quantitative estimate of drug-likeness (QED) is 0.750. The van der Waals surface area contributed by atoms with Crippen LogP contribution in [0.15, 0.2) is 40.9 Å². The first-order valence-electron chi connectivity index (χ1n) is 6.49. The topological polar surface area (TPSA) is 46.5 Å². The average molecular weight is 367 g/mol. The van der Waals surface area contributed by atoms with Gasteiger partial charge in [0.05, 0.1) is 0 Å². The van der Waals surface area contributed by atoms with Crippen LogP contribution >= 0.6 is 27.3 Å². The van der Waals surface area contributed by atoms with E-state index in [2.05, 4.69) is 35.0 Å². The van der Waals surface area contributed by atoms with Crippen molar-refractivity contribution in [3.05, 3.63) is 56.2 Å². The highest BCUT2D eigenvalue weighted by molar-refractivity contribution is 9.10. The van der Waals surface area contributed by atoms with Crippen LogP contribution in [0, 0.1) is 0 Å². The second-order valence-corrected chi connectivity index (χ2v) is 6.47. The molecule has 1 aromatic carbocycles. The van der Waals surface area contributed by atoms with Crippen LogP contribution < -0.4 is 4.74 Å². The van der Waals surface area contributed by atoms with E-state index in [-0.39, 0.29) is 0 Å². The molecular formula is C16H15BrO3S. The molecule has 1 heterocycles. The van der Waals surface area contributed by atoms with Crippen LogP contribution in [0.3, 0.4) is 0 Å². The molecule has 1 aromatic heterocycles. The maximum atomic E-state index is 10.6. The fourth-order valence-electron chi connectivity index (χ4n) is 1.74. The number of carboxylic acid groups (broad SMARTS) is 1. The molecular weight excluding hydrogens is 352 g/mol. The van der Waals surface area contributed by atoms with Gasteiger partial charge in [-0.25, -0.2) is 4.79 Å². The number of hydrogen-bond donors (Lipinski definition) is 1. The molecule has 0 atom stereocenters. The van der Waals surface area contributed by atoms with Gasteiger partial charge in [-0.1, -0.05) is 22.9 Å². The van der Waals surface area contributed by atoms with Crippen LogP contribution in [0.5, 0.6) is 5.75 Å². The zero-order valence-corrected chi connectivity index (χ0v) is 13.9. The molecule has 21 heavy (non-hydrogen) atoms. The Morgan fingerprint density at radius 3 is 2.76 bits per heavy atom. The van der Waals surface area contributed by atoms with Crippen molar-refractivity contribution >= 4 is 39.3 Å². The van der Waals surface area contributed by atoms with Crippen LogP contribution in [0.2, 0.25) is 0 Å². The van der Waals surface area contributed by atoms with E-state index in [1.807, 2.05) is 18.2 Å². The minimum atomic E-state index is -0.973. The van der Waals surface area contributed by atoms with E-state index in [1.165, 1.54) is 9.75 Å². The Morgan fingerprint density at radius 1 is 1.33 bits per heavy atom. The zero-order valence-electron chi connectivity index (χ0n) is 11.5. The summed E-state index contributed by atoms with van der Waals surface area (Å²) in [6, 6.07) is 9.72. The van der Waals surface area contributed by atoms with E-state index in [1.54, 1.807) is 17.4 Å². The molecule has 0 spiro atoms. The summed E-state index contributed by atoms with van der Waals surface area (Å²) in [5.41, 5.74) is 0.773. The summed E-state index contributed by atoms with van der Waals surface area (Å²) in [6.07, 6.45) is 3.68. The van der Waals surface area contributed by atoms with Crippen molar-refractivity contribution in [1.82, 2.24) is 0 Å². The Hall–Kier alpha value is -1.59. The van der Waals surface area contributed by atoms with Crippen LogP contribution in [-0.2, 0) is 17.8 Å². The lowest BCUT2D eigenvalue weighted by atomic mass is 10.2. The monoisotopic (exact) mass is 366 g/mol. The summed E-state index contributed by atoms with van der Waals surface area (Å²) >= 11 is 5.14. The number of aliphatic carboxylic acids is 1. The number of thiophene rings is 1. The molecule has 0 saturated heterocycles. The zero-order chi connectivity index (χ0) is 15.2. The van der Waals surface area contributed by atoms with Gasteiger partial charge in [-0.3, -0.25) is 0 Å². The SMILES string of the molecule is CCc1ccc(COc2ccc(Br)c(/C=C/C(=O)O)c2)s1. The lowest BCUT2D eigenvalue weighted by Gasteiger charge is -2.07. The van der Waals surface area contributed by atoms with Crippen molar-refractivity contribution in [3.8, 4) is 5.75 Å². The second-order valence-electron chi connectivity index (χ2n) is 4.37. The third-order valence-corrected chi connectivity index (χ3v) is 4.75. The van der Waals surface area contributed by atoms with Gasteiger partial charge in [0.25, 0.3) is 0 Å². The Balaban J connectivity index is 2.06. The maximum absolute atomic E-state index is 10.6. The first kappa shape index (κ1) is 15.8. The summed E-state index contributed by atoms with van der Waals surface area (Å²) in [7, 11) is 0. The van der Waals surface area contributed by atoms with Crippen molar-refractivity contribution in [2.45, 2.75) is 20.0 Å². The molecule has 0 aliphatic heterocycles. The first-order chi connectivity index (χ1) is 10.1. The number of aryl methyl sites for hydroxylation is 1. The highest BCUT2D eigenvalue weighted by Gasteiger charge is 2.03. The molecule has 0 aliphatic carbocycles. The summed E-state index contributed by atoms with van der Waals surface area (Å²) in [5.74, 6) is -0.256. The van der Waals surface area contributed by atoms with Crippen molar-refractivity contribution in [2.24, 2.45) is 0 Å². The predicted molar refractivity (Wildman–Crippen MR) is 88.8 cm³/mol. The minimum absolute atomic E-state index is 0.522. The molecule has 2 rings (SSSR count). The summed E-state index contributed by atoms with van der Waals surface area (Å²) in [5, 5.41) is 8.68. The van der Waals surface area contributed by atoms with Crippen molar-refractivity contribution in [3.63, 3.8) is 0 Å². The maximum Gasteiger partial charge on any atom is 0.328 e. The smallest absolute Gasteiger partial charge is 0.328 e. The summed E-state index contributed by atoms with van der Waals surface area (Å²) in [4.78, 5) is 13.1. The fourth-order valence-corrected chi connectivity index (χ4v) is 2.99. The minimum Gasteiger partial charge on any atom is -0.488 e. The molecule has 5 heteroatoms. The summed E-state index contributed by atoms with van der Waals surface area (Å²) in [6.45, 7) is 2.65. The fraction of sp³-hybridized carbons (Fsp3) is 0.188. The molecule has 0 saturated carbocycles. The number of benzene rings is 1. The summed E-state index contributed by atoms with van der Waals surface area (Å²) < 4.78 is 6.59. The molecule has 0 unspecified atom stereocenters. The number of halogens is 1. The van der Waals surface area contributed by atoms with Gasteiger partial charge >= 0.3 is 5.97 Å². The van der Waals surface area contributed by atoms with E-state index < -0.39 is 5.97 Å². The molecule has 2 aromatic rings. The van der Waals surface area contributed by atoms with Gasteiger partial charge in [0.1, 0.15) is 12.4 Å². The number of ether oxygens (including phenoxy) is 1. The van der Waals surface area contributed by atoms with Crippen LogP contribution in [-0.4, -0.2) is 11.1 Å². The molecule has 0 aliphatic rings. The Bertz CT molecular complexity index is 661. The van der Waals surface area contributed by atoms with E-state index in [4.69, 9.17) is 9.84 Å². The van der Waals surface area contributed by atoms with Gasteiger partial charge in [0, 0.05) is 20.3 Å². The highest BCUT2D eigenvalue weighted by atomic mass is 79.9. The van der Waals surface area contributed by atoms with Gasteiger partial charge in [-0.05, 0) is 48.4 Å². The number of hydrogen-bond acceptors (Lipinski definition) is 3. The Kier molecular flexibility index (Phi) is 5.59. The van der Waals surface area contributed by atoms with E-state index >= 15 is 0 Å². The lowest BCUT2D eigenvalue weighted by molar-refractivity contribution is -0.131. The van der Waals surface area contributed by atoms with E-state index in [0.717, 1.165) is 28.3 Å². The molecule has 110 valence electrons. The molecule has 0 radical (unpaired) electrons. The molecule has 0 bridgehead atoms. The number of rotatable bonds is 6. The third-order valence-electron chi connectivity index (χ3n) is 2.82. The first-order valence-corrected chi connectivity index (χ1v) is 8.10. The standard InChI is InChI=1S/C16H15BrO3S/c1-2-13-5-6-14(21-13)10-20-12-4-7-15(17)11(9-12)3-8-16(18)19/h3-9H,2,10H2,1H3,(H,18,19)/b8-3+. The molecule has 1 N–H and O–H groups in total. The predicted octanol–water partition coefficient (Wildman–Crippen LogP) is 4.75.